The lowest BCUT2D eigenvalue weighted by Crippen LogP contribution is -2.38. The first-order chi connectivity index (χ1) is 12.2. The Morgan fingerprint density at radius 1 is 0.880 bits per heavy atom. The number of rotatable bonds is 11. The number of allylic oxidation sites excluding steroid dienone is 2. The van der Waals surface area contributed by atoms with Crippen LogP contribution in [0.2, 0.25) is 0 Å². The second-order valence-electron chi connectivity index (χ2n) is 6.63. The molecule has 144 valence electrons. The van der Waals surface area contributed by atoms with E-state index in [0.29, 0.717) is 13.2 Å². The van der Waals surface area contributed by atoms with Crippen molar-refractivity contribution < 1.29 is 19.1 Å². The highest BCUT2D eigenvalue weighted by Gasteiger charge is 2.29. The second kappa shape index (κ2) is 13.7. The van der Waals surface area contributed by atoms with Gasteiger partial charge in [0.25, 0.3) is 0 Å². The third-order valence-electron chi connectivity index (χ3n) is 4.37. The lowest BCUT2D eigenvalue weighted by molar-refractivity contribution is 0.0833. The summed E-state index contributed by atoms with van der Waals surface area (Å²) in [4.78, 5) is 25.9. The fourth-order valence-electron chi connectivity index (χ4n) is 2.84. The van der Waals surface area contributed by atoms with Crippen molar-refractivity contribution in [3.05, 3.63) is 11.8 Å². The Hall–Kier alpha value is -1.52. The zero-order valence-electron chi connectivity index (χ0n) is 16.1. The van der Waals surface area contributed by atoms with E-state index in [9.17, 15) is 9.59 Å². The number of carbonyl (C=O) groups excluding carboxylic acids is 2. The number of imide groups is 1. The van der Waals surface area contributed by atoms with Crippen molar-refractivity contribution in [2.75, 3.05) is 13.2 Å². The van der Waals surface area contributed by atoms with Gasteiger partial charge in [0, 0.05) is 5.70 Å². The average molecular weight is 354 g/mol. The molecule has 0 radical (unpaired) electrons. The van der Waals surface area contributed by atoms with E-state index in [0.717, 1.165) is 87.6 Å². The van der Waals surface area contributed by atoms with Crippen LogP contribution in [0.15, 0.2) is 11.8 Å². The van der Waals surface area contributed by atoms with E-state index >= 15 is 0 Å². The van der Waals surface area contributed by atoms with Crippen LogP contribution in [-0.4, -0.2) is 30.3 Å². The van der Waals surface area contributed by atoms with Gasteiger partial charge in [-0.25, -0.2) is 9.59 Å². The normalized spacial score (nSPS) is 13.9. The zero-order valence-corrected chi connectivity index (χ0v) is 16.1. The fraction of sp³-hybridized carbons (Fsp3) is 0.800. The van der Waals surface area contributed by atoms with Crippen molar-refractivity contribution in [3.8, 4) is 0 Å². The first-order valence-corrected chi connectivity index (χ1v) is 10.0. The van der Waals surface area contributed by atoms with Crippen LogP contribution in [0.3, 0.4) is 0 Å². The summed E-state index contributed by atoms with van der Waals surface area (Å²) in [5, 5.41) is 0. The maximum absolute atomic E-state index is 12.4. The topological polar surface area (TPSA) is 55.8 Å². The van der Waals surface area contributed by atoms with E-state index in [2.05, 4.69) is 13.8 Å². The number of carbonyl (C=O) groups is 2. The summed E-state index contributed by atoms with van der Waals surface area (Å²) in [6.07, 6.45) is 12.7. The number of unbranched alkanes of at least 4 members (excludes halogenated alkanes) is 6. The minimum atomic E-state index is -0.594. The molecular weight excluding hydrogens is 318 g/mol. The third-order valence-corrected chi connectivity index (χ3v) is 4.37. The van der Waals surface area contributed by atoms with Gasteiger partial charge in [-0.2, -0.15) is 4.90 Å². The third kappa shape index (κ3) is 8.94. The van der Waals surface area contributed by atoms with Crippen LogP contribution in [-0.2, 0) is 9.47 Å². The van der Waals surface area contributed by atoms with Gasteiger partial charge in [0.1, 0.15) is 0 Å². The van der Waals surface area contributed by atoms with Gasteiger partial charge in [0.15, 0.2) is 0 Å². The van der Waals surface area contributed by atoms with Crippen molar-refractivity contribution in [2.45, 2.75) is 90.9 Å². The molecule has 0 aliphatic heterocycles. The van der Waals surface area contributed by atoms with Crippen molar-refractivity contribution in [1.82, 2.24) is 4.90 Å². The highest BCUT2D eigenvalue weighted by Crippen LogP contribution is 2.23. The molecule has 1 rings (SSSR count). The van der Waals surface area contributed by atoms with Crippen LogP contribution in [0, 0.1) is 0 Å². The van der Waals surface area contributed by atoms with E-state index in [-0.39, 0.29) is 0 Å². The second-order valence-corrected chi connectivity index (χ2v) is 6.63. The Morgan fingerprint density at radius 3 is 1.88 bits per heavy atom. The number of amides is 2. The van der Waals surface area contributed by atoms with E-state index in [1.54, 1.807) is 0 Å². The highest BCUT2D eigenvalue weighted by atomic mass is 16.6. The molecule has 5 heteroatoms. The predicted octanol–water partition coefficient (Wildman–Crippen LogP) is 6.18. The van der Waals surface area contributed by atoms with Crippen LogP contribution >= 0.6 is 0 Å². The minimum absolute atomic E-state index is 0.354. The van der Waals surface area contributed by atoms with Crippen molar-refractivity contribution in [3.63, 3.8) is 0 Å². The molecule has 0 unspecified atom stereocenters. The fourth-order valence-corrected chi connectivity index (χ4v) is 2.84. The smallest absolute Gasteiger partial charge is 0.423 e. The molecule has 0 saturated heterocycles. The molecule has 0 bridgehead atoms. The molecule has 25 heavy (non-hydrogen) atoms. The molecule has 0 aromatic carbocycles. The first-order valence-electron chi connectivity index (χ1n) is 10.0. The standard InChI is InChI=1S/C20H35NO4/c1-3-5-7-12-16-24-19(22)21(18-14-10-9-11-15-18)20(23)25-17-13-8-6-4-2/h14H,3-13,15-17H2,1-2H3. The molecule has 0 fully saturated rings. The lowest BCUT2D eigenvalue weighted by atomic mass is 10.0. The van der Waals surface area contributed by atoms with Crippen LogP contribution < -0.4 is 0 Å². The van der Waals surface area contributed by atoms with Gasteiger partial charge in [-0.3, -0.25) is 0 Å². The number of nitrogens with zero attached hydrogens (tertiary/aromatic N) is 1. The summed E-state index contributed by atoms with van der Waals surface area (Å²) in [6.45, 7) is 4.98. The Bertz CT molecular complexity index is 394. The van der Waals surface area contributed by atoms with Gasteiger partial charge < -0.3 is 9.47 Å². The van der Waals surface area contributed by atoms with Gasteiger partial charge in [-0.1, -0.05) is 58.4 Å². The Morgan fingerprint density at radius 2 is 1.44 bits per heavy atom. The molecule has 0 saturated carbocycles. The minimum Gasteiger partial charge on any atom is -0.449 e. The van der Waals surface area contributed by atoms with Crippen molar-refractivity contribution in [1.29, 1.82) is 0 Å². The van der Waals surface area contributed by atoms with E-state index < -0.39 is 12.2 Å². The largest absolute Gasteiger partial charge is 0.449 e. The molecule has 1 aliphatic carbocycles. The van der Waals surface area contributed by atoms with E-state index in [1.807, 2.05) is 6.08 Å². The predicted molar refractivity (Wildman–Crippen MR) is 99.4 cm³/mol. The van der Waals surface area contributed by atoms with Crippen LogP contribution in [0.4, 0.5) is 9.59 Å². The maximum Gasteiger partial charge on any atom is 0.423 e. The molecular formula is C20H35NO4. The number of hydrogen-bond acceptors (Lipinski definition) is 4. The van der Waals surface area contributed by atoms with E-state index in [1.165, 1.54) is 0 Å². The summed E-state index contributed by atoms with van der Waals surface area (Å²) in [6, 6.07) is 0. The molecule has 1 aliphatic rings. The highest BCUT2D eigenvalue weighted by molar-refractivity contribution is 5.90. The van der Waals surface area contributed by atoms with Crippen LogP contribution in [0.1, 0.15) is 90.9 Å². The lowest BCUT2D eigenvalue weighted by Gasteiger charge is -2.24. The molecule has 0 N–H and O–H groups in total. The van der Waals surface area contributed by atoms with Crippen molar-refractivity contribution >= 4 is 12.2 Å². The number of ether oxygens (including phenoxy) is 2. The monoisotopic (exact) mass is 353 g/mol. The quantitative estimate of drug-likeness (QED) is 0.416. The summed E-state index contributed by atoms with van der Waals surface area (Å²) in [7, 11) is 0. The van der Waals surface area contributed by atoms with Crippen LogP contribution in [0.25, 0.3) is 0 Å². The summed E-state index contributed by atoms with van der Waals surface area (Å²) in [5.74, 6) is 0. The molecule has 0 aromatic rings. The number of hydrogen-bond donors (Lipinski definition) is 0. The molecule has 0 heterocycles. The Balaban J connectivity index is 2.52. The van der Waals surface area contributed by atoms with Crippen LogP contribution in [0.5, 0.6) is 0 Å². The van der Waals surface area contributed by atoms with Gasteiger partial charge in [0.05, 0.1) is 13.2 Å². The Labute approximate surface area is 152 Å². The van der Waals surface area contributed by atoms with Gasteiger partial charge in [-0.15, -0.1) is 0 Å². The summed E-state index contributed by atoms with van der Waals surface area (Å²) < 4.78 is 10.6. The first kappa shape index (κ1) is 21.5. The zero-order chi connectivity index (χ0) is 18.3. The molecule has 2 amide bonds. The molecule has 0 atom stereocenters. The SMILES string of the molecule is CCCCCCOC(=O)N(C(=O)OCCCCCC)C1=CCCCC1. The van der Waals surface area contributed by atoms with E-state index in [4.69, 9.17) is 9.47 Å². The molecule has 0 spiro atoms. The molecule has 0 aromatic heterocycles. The van der Waals surface area contributed by atoms with Gasteiger partial charge in [0.2, 0.25) is 0 Å². The summed E-state index contributed by atoms with van der Waals surface area (Å²) >= 11 is 0. The van der Waals surface area contributed by atoms with Crippen molar-refractivity contribution in [2.24, 2.45) is 0 Å². The molecule has 5 nitrogen and oxygen atoms in total. The summed E-state index contributed by atoms with van der Waals surface area (Å²) in [5.41, 5.74) is 0.725. The average Bonchev–Trinajstić information content (AvgIpc) is 2.62. The van der Waals surface area contributed by atoms with Gasteiger partial charge >= 0.3 is 12.2 Å². The maximum atomic E-state index is 12.4. The Kier molecular flexibility index (Phi) is 11.8. The van der Waals surface area contributed by atoms with Gasteiger partial charge in [-0.05, 0) is 38.5 Å².